The van der Waals surface area contributed by atoms with Gasteiger partial charge in [-0.3, -0.25) is 10.2 Å². The Morgan fingerprint density at radius 3 is 2.45 bits per heavy atom. The summed E-state index contributed by atoms with van der Waals surface area (Å²) in [7, 11) is -2.89. The molecule has 0 bridgehead atoms. The van der Waals surface area contributed by atoms with Gasteiger partial charge < -0.3 is 0 Å². The topological polar surface area (TPSA) is 89.3 Å². The molecule has 112 valence electrons. The number of thioether (sulfide) groups is 1. The van der Waals surface area contributed by atoms with Gasteiger partial charge in [-0.1, -0.05) is 24.3 Å². The van der Waals surface area contributed by atoms with Gasteiger partial charge in [-0.2, -0.15) is 11.8 Å². The number of carbonyl (C=O) groups is 1. The summed E-state index contributed by atoms with van der Waals surface area (Å²) in [6.45, 7) is 1.79. The van der Waals surface area contributed by atoms with Crippen LogP contribution < -0.4 is 11.3 Å². The number of nitrogens with one attached hydrogen (secondary N) is 1. The largest absolute Gasteiger partial charge is 0.294 e. The van der Waals surface area contributed by atoms with Crippen molar-refractivity contribution in [1.29, 1.82) is 0 Å². The molecule has 3 N–H and O–H groups in total. The number of benzene rings is 1. The molecule has 7 heteroatoms. The fourth-order valence-electron chi connectivity index (χ4n) is 1.58. The number of sulfone groups is 1. The molecule has 0 saturated carbocycles. The zero-order valence-electron chi connectivity index (χ0n) is 11.6. The molecule has 0 aliphatic heterocycles. The summed E-state index contributed by atoms with van der Waals surface area (Å²) in [4.78, 5) is 11.4. The first-order valence-electron chi connectivity index (χ1n) is 6.18. The number of hydrazine groups is 1. The minimum absolute atomic E-state index is 0.198. The molecule has 1 rings (SSSR count). The van der Waals surface area contributed by atoms with E-state index in [1.807, 2.05) is 24.3 Å². The first kappa shape index (κ1) is 17.0. The molecule has 1 unspecified atom stereocenters. The molecule has 0 aliphatic rings. The summed E-state index contributed by atoms with van der Waals surface area (Å²) in [6.07, 6.45) is 1.24. The third-order valence-corrected chi connectivity index (χ3v) is 5.12. The summed E-state index contributed by atoms with van der Waals surface area (Å²) in [5.41, 5.74) is 4.14. The minimum Gasteiger partial charge on any atom is -0.294 e. The van der Waals surface area contributed by atoms with Crippen molar-refractivity contribution in [3.05, 3.63) is 35.4 Å². The standard InChI is InChI=1S/C13H20N2O3S2/c1-10(13(16)15-14)12-5-3-11(4-6-12)9-19-7-8-20(2,17)18/h3-6,10H,7-9,14H2,1-2H3,(H,15,16). The number of hydrogen-bond donors (Lipinski definition) is 2. The van der Waals surface area contributed by atoms with Crippen molar-refractivity contribution in [3.63, 3.8) is 0 Å². The molecular weight excluding hydrogens is 296 g/mol. The predicted octanol–water partition coefficient (Wildman–Crippen LogP) is 1.06. The van der Waals surface area contributed by atoms with Gasteiger partial charge in [0.15, 0.2) is 0 Å². The lowest BCUT2D eigenvalue weighted by Crippen LogP contribution is -2.33. The quantitative estimate of drug-likeness (QED) is 0.340. The van der Waals surface area contributed by atoms with Crippen molar-refractivity contribution in [1.82, 2.24) is 5.43 Å². The van der Waals surface area contributed by atoms with E-state index in [-0.39, 0.29) is 17.6 Å². The van der Waals surface area contributed by atoms with Gasteiger partial charge in [0, 0.05) is 17.8 Å². The number of hydrogen-bond acceptors (Lipinski definition) is 5. The van der Waals surface area contributed by atoms with Crippen molar-refractivity contribution >= 4 is 27.5 Å². The molecule has 0 radical (unpaired) electrons. The average molecular weight is 316 g/mol. The van der Waals surface area contributed by atoms with E-state index < -0.39 is 9.84 Å². The van der Waals surface area contributed by atoms with Gasteiger partial charge in [0.2, 0.25) is 5.91 Å². The molecule has 0 fully saturated rings. The van der Waals surface area contributed by atoms with Crippen LogP contribution in [0.25, 0.3) is 0 Å². The maximum Gasteiger partial charge on any atom is 0.241 e. The van der Waals surface area contributed by atoms with Crippen molar-refractivity contribution in [3.8, 4) is 0 Å². The highest BCUT2D eigenvalue weighted by molar-refractivity contribution is 7.99. The fraction of sp³-hybridized carbons (Fsp3) is 0.462. The molecular formula is C13H20N2O3S2. The van der Waals surface area contributed by atoms with E-state index in [1.165, 1.54) is 6.26 Å². The van der Waals surface area contributed by atoms with Gasteiger partial charge in [-0.15, -0.1) is 0 Å². The van der Waals surface area contributed by atoms with Gasteiger partial charge in [-0.25, -0.2) is 14.3 Å². The van der Waals surface area contributed by atoms with Crippen LogP contribution in [-0.2, 0) is 20.4 Å². The summed E-state index contributed by atoms with van der Waals surface area (Å²) >= 11 is 1.58. The SMILES string of the molecule is CC(C(=O)NN)c1ccc(CSCCS(C)(=O)=O)cc1. The second-order valence-corrected chi connectivity index (χ2v) is 8.02. The van der Waals surface area contributed by atoms with Gasteiger partial charge in [0.1, 0.15) is 9.84 Å². The summed E-state index contributed by atoms with van der Waals surface area (Å²) in [6, 6.07) is 7.69. The number of amides is 1. The highest BCUT2D eigenvalue weighted by atomic mass is 32.2. The van der Waals surface area contributed by atoms with Crippen LogP contribution in [-0.4, -0.2) is 32.1 Å². The number of rotatable bonds is 7. The van der Waals surface area contributed by atoms with Crippen molar-refractivity contribution in [2.24, 2.45) is 5.84 Å². The van der Waals surface area contributed by atoms with Crippen molar-refractivity contribution in [2.75, 3.05) is 17.8 Å². The number of carbonyl (C=O) groups excluding carboxylic acids is 1. The molecule has 0 aliphatic carbocycles. The zero-order chi connectivity index (χ0) is 15.2. The van der Waals surface area contributed by atoms with Gasteiger partial charge in [-0.05, 0) is 18.1 Å². The zero-order valence-corrected chi connectivity index (χ0v) is 13.3. The van der Waals surface area contributed by atoms with Gasteiger partial charge >= 0.3 is 0 Å². The van der Waals surface area contributed by atoms with Crippen LogP contribution in [0, 0.1) is 0 Å². The highest BCUT2D eigenvalue weighted by Gasteiger charge is 2.13. The van der Waals surface area contributed by atoms with Gasteiger partial charge in [0.05, 0.1) is 11.7 Å². The van der Waals surface area contributed by atoms with Crippen LogP contribution in [0.5, 0.6) is 0 Å². The Kier molecular flexibility index (Phi) is 6.51. The van der Waals surface area contributed by atoms with Gasteiger partial charge in [0.25, 0.3) is 0 Å². The lowest BCUT2D eigenvalue weighted by Gasteiger charge is -2.10. The van der Waals surface area contributed by atoms with E-state index in [1.54, 1.807) is 18.7 Å². The first-order valence-corrected chi connectivity index (χ1v) is 9.40. The minimum atomic E-state index is -2.89. The van der Waals surface area contributed by atoms with Crippen LogP contribution in [0.15, 0.2) is 24.3 Å². The third kappa shape index (κ3) is 5.94. The van der Waals surface area contributed by atoms with Crippen LogP contribution in [0.1, 0.15) is 24.0 Å². The molecule has 0 saturated heterocycles. The molecule has 5 nitrogen and oxygen atoms in total. The Bertz CT molecular complexity index is 541. The smallest absolute Gasteiger partial charge is 0.241 e. The molecule has 20 heavy (non-hydrogen) atoms. The molecule has 1 aromatic rings. The lowest BCUT2D eigenvalue weighted by atomic mass is 10.00. The maximum atomic E-state index is 11.4. The molecule has 1 atom stereocenters. The fourth-order valence-corrected chi connectivity index (χ4v) is 3.83. The van der Waals surface area contributed by atoms with Crippen LogP contribution >= 0.6 is 11.8 Å². The number of nitrogens with two attached hydrogens (primary N) is 1. The van der Waals surface area contributed by atoms with E-state index >= 15 is 0 Å². The Labute approximate surface area is 124 Å². The second-order valence-electron chi connectivity index (χ2n) is 4.65. The van der Waals surface area contributed by atoms with E-state index in [2.05, 4.69) is 5.43 Å². The third-order valence-electron chi connectivity index (χ3n) is 2.88. The van der Waals surface area contributed by atoms with E-state index in [9.17, 15) is 13.2 Å². The second kappa shape index (κ2) is 7.66. The Morgan fingerprint density at radius 2 is 1.95 bits per heavy atom. The lowest BCUT2D eigenvalue weighted by molar-refractivity contribution is -0.122. The van der Waals surface area contributed by atoms with E-state index in [0.717, 1.165) is 16.9 Å². The first-order chi connectivity index (χ1) is 9.33. The summed E-state index contributed by atoms with van der Waals surface area (Å²) in [5, 5.41) is 0. The summed E-state index contributed by atoms with van der Waals surface area (Å²) < 4.78 is 22.0. The predicted molar refractivity (Wildman–Crippen MR) is 83.1 cm³/mol. The molecule has 0 spiro atoms. The normalized spacial score (nSPS) is 12.9. The Morgan fingerprint density at radius 1 is 1.35 bits per heavy atom. The molecule has 1 amide bonds. The van der Waals surface area contributed by atoms with Crippen LogP contribution in [0.3, 0.4) is 0 Å². The summed E-state index contributed by atoms with van der Waals surface area (Å²) in [5.74, 6) is 6.14. The molecule has 0 heterocycles. The van der Waals surface area contributed by atoms with Crippen molar-refractivity contribution in [2.45, 2.75) is 18.6 Å². The molecule has 1 aromatic carbocycles. The maximum absolute atomic E-state index is 11.4. The van der Waals surface area contributed by atoms with Crippen LogP contribution in [0.4, 0.5) is 0 Å². The molecule has 0 aromatic heterocycles. The Balaban J connectivity index is 2.49. The average Bonchev–Trinajstić information content (AvgIpc) is 2.41. The van der Waals surface area contributed by atoms with Crippen molar-refractivity contribution < 1.29 is 13.2 Å². The van der Waals surface area contributed by atoms with E-state index in [0.29, 0.717) is 5.75 Å². The highest BCUT2D eigenvalue weighted by Crippen LogP contribution is 2.18. The van der Waals surface area contributed by atoms with Crippen LogP contribution in [0.2, 0.25) is 0 Å². The monoisotopic (exact) mass is 316 g/mol. The van der Waals surface area contributed by atoms with E-state index in [4.69, 9.17) is 5.84 Å². The Hall–Kier alpha value is -1.05.